The molecule has 1 unspecified atom stereocenters. The number of hydrogen-bond acceptors (Lipinski definition) is 3. The van der Waals surface area contributed by atoms with Gasteiger partial charge in [-0.2, -0.15) is 0 Å². The number of nitrogens with zero attached hydrogens (tertiary/aromatic N) is 1. The number of methoxy groups -OCH3 is 1. The zero-order chi connectivity index (χ0) is 14.5. The fourth-order valence-corrected chi connectivity index (χ4v) is 1.39. The zero-order valence-corrected chi connectivity index (χ0v) is 12.6. The Morgan fingerprint density at radius 3 is 2.58 bits per heavy atom. The molecule has 0 heterocycles. The molecule has 3 heteroatoms. The molecule has 0 amide bonds. The van der Waals surface area contributed by atoms with E-state index >= 15 is 0 Å². The molecule has 106 valence electrons. The van der Waals surface area contributed by atoms with E-state index in [9.17, 15) is 0 Å². The van der Waals surface area contributed by atoms with Gasteiger partial charge in [0.2, 0.25) is 0 Å². The van der Waals surface area contributed by atoms with Crippen LogP contribution in [0.3, 0.4) is 0 Å². The number of oxime groups is 1. The maximum absolute atomic E-state index is 5.19. The monoisotopic (exact) mass is 263 g/mol. The number of rotatable bonds is 8. The highest BCUT2D eigenvalue weighted by atomic mass is 16.6. The van der Waals surface area contributed by atoms with E-state index in [1.54, 1.807) is 14.2 Å². The van der Waals surface area contributed by atoms with Crippen molar-refractivity contribution >= 4 is 5.71 Å². The first-order chi connectivity index (χ1) is 9.13. The standard InChI is InChI=1S/C16H25NO2/c1-6-9-16(18-4)13-8-11-14(2)10-7-12-15(3)17-19-5/h6-11,13-14H,12H2,1-5H3/b9-6-,10-7+,11-8?,16-13+,17-15-. The van der Waals surface area contributed by atoms with E-state index in [0.717, 1.165) is 17.9 Å². The highest BCUT2D eigenvalue weighted by Crippen LogP contribution is 2.04. The minimum absolute atomic E-state index is 0.371. The Labute approximate surface area is 117 Å². The van der Waals surface area contributed by atoms with Crippen LogP contribution in [-0.2, 0) is 9.57 Å². The van der Waals surface area contributed by atoms with Crippen LogP contribution in [0.2, 0.25) is 0 Å². The molecule has 19 heavy (non-hydrogen) atoms. The Balaban J connectivity index is 4.26. The highest BCUT2D eigenvalue weighted by Gasteiger charge is 1.91. The van der Waals surface area contributed by atoms with Crippen LogP contribution in [0.1, 0.15) is 27.2 Å². The van der Waals surface area contributed by atoms with Gasteiger partial charge in [0.25, 0.3) is 0 Å². The number of ether oxygens (including phenoxy) is 1. The summed E-state index contributed by atoms with van der Waals surface area (Å²) < 4.78 is 5.19. The van der Waals surface area contributed by atoms with Crippen molar-refractivity contribution in [1.29, 1.82) is 0 Å². The van der Waals surface area contributed by atoms with Crippen molar-refractivity contribution in [1.82, 2.24) is 0 Å². The van der Waals surface area contributed by atoms with Crippen molar-refractivity contribution in [2.75, 3.05) is 14.2 Å². The minimum Gasteiger partial charge on any atom is -0.497 e. The van der Waals surface area contributed by atoms with Gasteiger partial charge in [-0.05, 0) is 31.9 Å². The average molecular weight is 263 g/mol. The van der Waals surface area contributed by atoms with Crippen molar-refractivity contribution in [2.45, 2.75) is 27.2 Å². The van der Waals surface area contributed by atoms with E-state index < -0.39 is 0 Å². The number of allylic oxidation sites excluding steroid dienone is 7. The molecule has 0 aromatic rings. The Hall–Kier alpha value is -1.77. The molecule has 0 aliphatic carbocycles. The second kappa shape index (κ2) is 11.3. The molecule has 0 aromatic heterocycles. The van der Waals surface area contributed by atoms with Crippen LogP contribution < -0.4 is 0 Å². The Morgan fingerprint density at radius 1 is 1.26 bits per heavy atom. The molecule has 0 aliphatic rings. The zero-order valence-electron chi connectivity index (χ0n) is 12.6. The van der Waals surface area contributed by atoms with Crippen molar-refractivity contribution in [3.8, 4) is 0 Å². The SMILES string of the molecule is C/C=C\C(=C/C=CC(C)/C=C/C/C(C)=N\OC)OC. The smallest absolute Gasteiger partial charge is 0.118 e. The van der Waals surface area contributed by atoms with Gasteiger partial charge in [0.05, 0.1) is 12.8 Å². The van der Waals surface area contributed by atoms with Gasteiger partial charge in [0, 0.05) is 6.42 Å². The Kier molecular flexibility index (Phi) is 10.3. The molecule has 0 aromatic carbocycles. The third-order valence-electron chi connectivity index (χ3n) is 2.34. The van der Waals surface area contributed by atoms with Gasteiger partial charge >= 0.3 is 0 Å². The molecule has 0 radical (unpaired) electrons. The second-order valence-electron chi connectivity index (χ2n) is 4.16. The van der Waals surface area contributed by atoms with E-state index in [1.165, 1.54) is 0 Å². The predicted molar refractivity (Wildman–Crippen MR) is 82.1 cm³/mol. The van der Waals surface area contributed by atoms with Gasteiger partial charge in [0.15, 0.2) is 0 Å². The summed E-state index contributed by atoms with van der Waals surface area (Å²) in [6.45, 7) is 6.04. The largest absolute Gasteiger partial charge is 0.497 e. The van der Waals surface area contributed by atoms with E-state index in [-0.39, 0.29) is 0 Å². The van der Waals surface area contributed by atoms with E-state index in [0.29, 0.717) is 5.92 Å². The van der Waals surface area contributed by atoms with Gasteiger partial charge < -0.3 is 9.57 Å². The maximum atomic E-state index is 5.19. The fraction of sp³-hybridized carbons (Fsp3) is 0.438. The molecule has 1 atom stereocenters. The second-order valence-corrected chi connectivity index (χ2v) is 4.16. The first-order valence-electron chi connectivity index (χ1n) is 6.42. The summed E-state index contributed by atoms with van der Waals surface area (Å²) in [6.07, 6.45) is 15.0. The van der Waals surface area contributed by atoms with Crippen molar-refractivity contribution < 1.29 is 9.57 Å². The van der Waals surface area contributed by atoms with Crippen molar-refractivity contribution in [3.63, 3.8) is 0 Å². The van der Waals surface area contributed by atoms with Gasteiger partial charge in [-0.15, -0.1) is 0 Å². The lowest BCUT2D eigenvalue weighted by Gasteiger charge is -1.99. The Morgan fingerprint density at radius 2 is 2.00 bits per heavy atom. The topological polar surface area (TPSA) is 30.8 Å². The van der Waals surface area contributed by atoms with Gasteiger partial charge in [-0.1, -0.05) is 42.5 Å². The van der Waals surface area contributed by atoms with Crippen LogP contribution in [0.15, 0.2) is 53.4 Å². The molecule has 0 rings (SSSR count). The minimum atomic E-state index is 0.371. The van der Waals surface area contributed by atoms with E-state index in [2.05, 4.69) is 30.3 Å². The highest BCUT2D eigenvalue weighted by molar-refractivity contribution is 5.82. The van der Waals surface area contributed by atoms with Gasteiger partial charge in [-0.3, -0.25) is 0 Å². The molecule has 0 saturated carbocycles. The summed E-state index contributed by atoms with van der Waals surface area (Å²) in [7, 11) is 3.23. The molecule has 0 N–H and O–H groups in total. The van der Waals surface area contributed by atoms with Crippen LogP contribution in [0.4, 0.5) is 0 Å². The molecule has 0 fully saturated rings. The summed E-state index contributed by atoms with van der Waals surface area (Å²) in [5.41, 5.74) is 0.963. The quantitative estimate of drug-likeness (QED) is 0.215. The first kappa shape index (κ1) is 17.2. The summed E-state index contributed by atoms with van der Waals surface area (Å²) in [4.78, 5) is 4.70. The third kappa shape index (κ3) is 9.89. The first-order valence-corrected chi connectivity index (χ1v) is 6.42. The lowest BCUT2D eigenvalue weighted by Crippen LogP contribution is -1.90. The van der Waals surface area contributed by atoms with Crippen LogP contribution in [0, 0.1) is 5.92 Å². The lowest BCUT2D eigenvalue weighted by atomic mass is 10.1. The summed E-state index contributed by atoms with van der Waals surface area (Å²) >= 11 is 0. The van der Waals surface area contributed by atoms with Gasteiger partial charge in [0.1, 0.15) is 12.9 Å². The molecular formula is C16H25NO2. The molecule has 0 saturated heterocycles. The summed E-state index contributed by atoms with van der Waals surface area (Å²) in [5, 5.41) is 3.85. The predicted octanol–water partition coefficient (Wildman–Crippen LogP) is 4.25. The maximum Gasteiger partial charge on any atom is 0.118 e. The number of hydrogen-bond donors (Lipinski definition) is 0. The van der Waals surface area contributed by atoms with Gasteiger partial charge in [-0.25, -0.2) is 0 Å². The lowest BCUT2D eigenvalue weighted by molar-refractivity contribution is 0.212. The average Bonchev–Trinajstić information content (AvgIpc) is 2.38. The molecule has 3 nitrogen and oxygen atoms in total. The molecular weight excluding hydrogens is 238 g/mol. The third-order valence-corrected chi connectivity index (χ3v) is 2.34. The molecule has 0 spiro atoms. The van der Waals surface area contributed by atoms with Crippen molar-refractivity contribution in [2.24, 2.45) is 11.1 Å². The summed E-state index contributed by atoms with van der Waals surface area (Å²) in [6, 6.07) is 0. The van der Waals surface area contributed by atoms with Crippen LogP contribution >= 0.6 is 0 Å². The molecule has 0 aliphatic heterocycles. The van der Waals surface area contributed by atoms with Crippen LogP contribution in [-0.4, -0.2) is 19.9 Å². The van der Waals surface area contributed by atoms with Crippen LogP contribution in [0.5, 0.6) is 0 Å². The van der Waals surface area contributed by atoms with Crippen molar-refractivity contribution in [3.05, 3.63) is 48.3 Å². The normalized spacial score (nSPS) is 15.6. The Bertz CT molecular complexity index is 376. The van der Waals surface area contributed by atoms with E-state index in [1.807, 2.05) is 38.2 Å². The molecule has 0 bridgehead atoms. The fourth-order valence-electron chi connectivity index (χ4n) is 1.39. The van der Waals surface area contributed by atoms with E-state index in [4.69, 9.17) is 9.57 Å². The summed E-state index contributed by atoms with van der Waals surface area (Å²) in [5.74, 6) is 1.22. The van der Waals surface area contributed by atoms with Crippen LogP contribution in [0.25, 0.3) is 0 Å².